The lowest BCUT2D eigenvalue weighted by atomic mass is 9.94. The van der Waals surface area contributed by atoms with Crippen LogP contribution >= 0.6 is 0 Å². The maximum Gasteiger partial charge on any atom is 0.332 e. The first kappa shape index (κ1) is 11.9. The second-order valence-corrected chi connectivity index (χ2v) is 3.78. The highest BCUT2D eigenvalue weighted by Crippen LogP contribution is 2.14. The molecule has 1 fully saturated rings. The van der Waals surface area contributed by atoms with Crippen molar-refractivity contribution in [2.75, 3.05) is 13.2 Å². The molecule has 0 spiro atoms. The van der Waals surface area contributed by atoms with E-state index >= 15 is 0 Å². The van der Waals surface area contributed by atoms with Gasteiger partial charge in [-0.1, -0.05) is 6.92 Å². The van der Waals surface area contributed by atoms with Crippen LogP contribution in [0.3, 0.4) is 0 Å². The van der Waals surface area contributed by atoms with Gasteiger partial charge in [0.15, 0.2) is 6.61 Å². The summed E-state index contributed by atoms with van der Waals surface area (Å²) in [5.41, 5.74) is 2.12. The van der Waals surface area contributed by atoms with Crippen LogP contribution in [-0.2, 0) is 14.4 Å². The quantitative estimate of drug-likeness (QED) is 0.552. The van der Waals surface area contributed by atoms with E-state index in [9.17, 15) is 9.59 Å². The molecular formula is C9H16N2O4. The van der Waals surface area contributed by atoms with Gasteiger partial charge in [-0.3, -0.25) is 9.63 Å². The molecule has 0 aromatic rings. The summed E-state index contributed by atoms with van der Waals surface area (Å²) in [6.07, 6.45) is 1.81. The van der Waals surface area contributed by atoms with Crippen molar-refractivity contribution in [3.63, 3.8) is 0 Å². The van der Waals surface area contributed by atoms with Crippen molar-refractivity contribution >= 4 is 11.9 Å². The number of piperidine rings is 1. The molecule has 1 heterocycles. The first-order chi connectivity index (χ1) is 7.09. The van der Waals surface area contributed by atoms with Crippen molar-refractivity contribution < 1.29 is 19.5 Å². The predicted molar refractivity (Wildman–Crippen MR) is 51.9 cm³/mol. The summed E-state index contributed by atoms with van der Waals surface area (Å²) in [6.45, 7) is 2.37. The summed E-state index contributed by atoms with van der Waals surface area (Å²) in [5.74, 6) is -0.912. The Bertz CT molecular complexity index is 244. The molecule has 1 aliphatic rings. The summed E-state index contributed by atoms with van der Waals surface area (Å²) >= 11 is 0. The van der Waals surface area contributed by atoms with E-state index in [1.807, 2.05) is 0 Å². The van der Waals surface area contributed by atoms with Crippen LogP contribution in [0, 0.1) is 5.92 Å². The molecular weight excluding hydrogens is 200 g/mol. The van der Waals surface area contributed by atoms with Crippen LogP contribution in [-0.4, -0.2) is 36.2 Å². The molecule has 0 aliphatic carbocycles. The lowest BCUT2D eigenvalue weighted by Crippen LogP contribution is -2.48. The lowest BCUT2D eigenvalue weighted by molar-refractivity contribution is -0.150. The van der Waals surface area contributed by atoms with Crippen molar-refractivity contribution in [1.82, 2.24) is 10.8 Å². The highest BCUT2D eigenvalue weighted by molar-refractivity contribution is 5.81. The molecule has 0 bridgehead atoms. The molecule has 6 nitrogen and oxygen atoms in total. The summed E-state index contributed by atoms with van der Waals surface area (Å²) < 4.78 is 0. The van der Waals surface area contributed by atoms with Crippen LogP contribution in [0.15, 0.2) is 0 Å². The number of carbonyl (C=O) groups is 2. The van der Waals surface area contributed by atoms with Crippen LogP contribution in [0.4, 0.5) is 0 Å². The van der Waals surface area contributed by atoms with E-state index in [0.717, 1.165) is 19.4 Å². The van der Waals surface area contributed by atoms with E-state index in [0.29, 0.717) is 5.92 Å². The molecule has 0 aromatic carbocycles. The first-order valence-electron chi connectivity index (χ1n) is 4.96. The number of nitrogens with one attached hydrogen (secondary N) is 2. The van der Waals surface area contributed by atoms with Gasteiger partial charge in [0.05, 0.1) is 6.04 Å². The van der Waals surface area contributed by atoms with Gasteiger partial charge in [-0.25, -0.2) is 10.3 Å². The van der Waals surface area contributed by atoms with Crippen molar-refractivity contribution in [3.8, 4) is 0 Å². The SMILES string of the molecule is CC1CCNC(C(=O)NOCC(=O)O)C1. The predicted octanol–water partition coefficient (Wildman–Crippen LogP) is -0.493. The molecule has 15 heavy (non-hydrogen) atoms. The molecule has 0 saturated carbocycles. The van der Waals surface area contributed by atoms with E-state index in [2.05, 4.69) is 22.6 Å². The van der Waals surface area contributed by atoms with E-state index in [1.54, 1.807) is 0 Å². The van der Waals surface area contributed by atoms with Crippen molar-refractivity contribution in [1.29, 1.82) is 0 Å². The Morgan fingerprint density at radius 1 is 1.60 bits per heavy atom. The second-order valence-electron chi connectivity index (χ2n) is 3.78. The van der Waals surface area contributed by atoms with Crippen molar-refractivity contribution in [3.05, 3.63) is 0 Å². The highest BCUT2D eigenvalue weighted by Gasteiger charge is 2.24. The monoisotopic (exact) mass is 216 g/mol. The summed E-state index contributed by atoms with van der Waals surface area (Å²) in [4.78, 5) is 26.1. The fourth-order valence-corrected chi connectivity index (χ4v) is 1.55. The molecule has 6 heteroatoms. The Labute approximate surface area is 87.9 Å². The molecule has 0 aromatic heterocycles. The largest absolute Gasteiger partial charge is 0.479 e. The van der Waals surface area contributed by atoms with E-state index in [1.165, 1.54) is 0 Å². The smallest absolute Gasteiger partial charge is 0.332 e. The Hall–Kier alpha value is -1.14. The summed E-state index contributed by atoms with van der Waals surface area (Å²) in [5, 5.41) is 11.3. The van der Waals surface area contributed by atoms with Crippen LogP contribution < -0.4 is 10.8 Å². The third-order valence-electron chi connectivity index (χ3n) is 2.35. The number of amides is 1. The number of hydrogen-bond donors (Lipinski definition) is 3. The molecule has 3 N–H and O–H groups in total. The number of rotatable bonds is 4. The standard InChI is InChI=1S/C9H16N2O4/c1-6-2-3-10-7(4-6)9(14)11-15-5-8(12)13/h6-7,10H,2-5H2,1H3,(H,11,14)(H,12,13). The van der Waals surface area contributed by atoms with Gasteiger partial charge in [-0.05, 0) is 25.3 Å². The zero-order valence-corrected chi connectivity index (χ0v) is 8.66. The fourth-order valence-electron chi connectivity index (χ4n) is 1.55. The molecule has 2 atom stereocenters. The number of hydrogen-bond acceptors (Lipinski definition) is 4. The topological polar surface area (TPSA) is 87.7 Å². The molecule has 1 saturated heterocycles. The Morgan fingerprint density at radius 2 is 2.33 bits per heavy atom. The van der Waals surface area contributed by atoms with Gasteiger partial charge < -0.3 is 10.4 Å². The van der Waals surface area contributed by atoms with Gasteiger partial charge in [0, 0.05) is 0 Å². The lowest BCUT2D eigenvalue weighted by Gasteiger charge is -2.26. The van der Waals surface area contributed by atoms with E-state index in [4.69, 9.17) is 5.11 Å². The Morgan fingerprint density at radius 3 is 2.93 bits per heavy atom. The van der Waals surface area contributed by atoms with Gasteiger partial charge in [0.2, 0.25) is 0 Å². The van der Waals surface area contributed by atoms with Crippen LogP contribution in [0.5, 0.6) is 0 Å². The number of aliphatic carboxylic acids is 1. The third-order valence-corrected chi connectivity index (χ3v) is 2.35. The van der Waals surface area contributed by atoms with Crippen LogP contribution in [0.2, 0.25) is 0 Å². The zero-order valence-electron chi connectivity index (χ0n) is 8.66. The number of carboxylic acids is 1. The summed E-state index contributed by atoms with van der Waals surface area (Å²) in [6, 6.07) is -0.275. The van der Waals surface area contributed by atoms with Gasteiger partial charge >= 0.3 is 5.97 Å². The number of hydroxylamine groups is 1. The van der Waals surface area contributed by atoms with E-state index < -0.39 is 12.6 Å². The molecule has 1 amide bonds. The highest BCUT2D eigenvalue weighted by atomic mass is 16.7. The van der Waals surface area contributed by atoms with Gasteiger partial charge in [0.1, 0.15) is 0 Å². The molecule has 1 aliphatic heterocycles. The fraction of sp³-hybridized carbons (Fsp3) is 0.778. The zero-order chi connectivity index (χ0) is 11.3. The van der Waals surface area contributed by atoms with Gasteiger partial charge in [-0.2, -0.15) is 0 Å². The normalized spacial score (nSPS) is 25.9. The van der Waals surface area contributed by atoms with E-state index in [-0.39, 0.29) is 11.9 Å². The average Bonchev–Trinajstić information content (AvgIpc) is 2.17. The third kappa shape index (κ3) is 4.26. The van der Waals surface area contributed by atoms with Crippen molar-refractivity contribution in [2.24, 2.45) is 5.92 Å². The summed E-state index contributed by atoms with van der Waals surface area (Å²) in [7, 11) is 0. The Kier molecular flexibility index (Phi) is 4.51. The second kappa shape index (κ2) is 5.67. The maximum absolute atomic E-state index is 11.4. The minimum atomic E-state index is -1.11. The Balaban J connectivity index is 2.24. The minimum Gasteiger partial charge on any atom is -0.479 e. The molecule has 0 radical (unpaired) electrons. The average molecular weight is 216 g/mol. The minimum absolute atomic E-state index is 0.275. The van der Waals surface area contributed by atoms with Gasteiger partial charge in [0.25, 0.3) is 5.91 Å². The number of carbonyl (C=O) groups excluding carboxylic acids is 1. The van der Waals surface area contributed by atoms with Gasteiger partial charge in [-0.15, -0.1) is 0 Å². The number of carboxylic acid groups (broad SMARTS) is 1. The molecule has 86 valence electrons. The first-order valence-corrected chi connectivity index (χ1v) is 4.96. The van der Waals surface area contributed by atoms with Crippen LogP contribution in [0.25, 0.3) is 0 Å². The maximum atomic E-state index is 11.4. The molecule has 2 unspecified atom stereocenters. The van der Waals surface area contributed by atoms with Crippen molar-refractivity contribution in [2.45, 2.75) is 25.8 Å². The molecule has 1 rings (SSSR count). The van der Waals surface area contributed by atoms with Crippen LogP contribution in [0.1, 0.15) is 19.8 Å².